The van der Waals surface area contributed by atoms with E-state index in [-0.39, 0.29) is 12.0 Å². The number of benzene rings is 2. The second kappa shape index (κ2) is 7.80. The van der Waals surface area contributed by atoms with Gasteiger partial charge < -0.3 is 5.11 Å². The molecule has 0 aliphatic carbocycles. The molecular formula is C20H24O. The molecule has 0 radical (unpaired) electrons. The van der Waals surface area contributed by atoms with E-state index in [4.69, 9.17) is 0 Å². The van der Waals surface area contributed by atoms with E-state index in [1.54, 1.807) is 0 Å². The van der Waals surface area contributed by atoms with Crippen LogP contribution in [0.2, 0.25) is 0 Å². The Bertz CT molecular complexity index is 553. The first-order valence-electron chi connectivity index (χ1n) is 7.57. The van der Waals surface area contributed by atoms with E-state index in [0.29, 0.717) is 6.42 Å². The van der Waals surface area contributed by atoms with Crippen LogP contribution in [0.4, 0.5) is 0 Å². The van der Waals surface area contributed by atoms with Crippen molar-refractivity contribution in [3.63, 3.8) is 0 Å². The molecule has 2 aromatic rings. The van der Waals surface area contributed by atoms with Crippen molar-refractivity contribution in [1.82, 2.24) is 0 Å². The van der Waals surface area contributed by atoms with Crippen molar-refractivity contribution in [3.05, 3.63) is 83.4 Å². The molecule has 21 heavy (non-hydrogen) atoms. The van der Waals surface area contributed by atoms with Gasteiger partial charge in [-0.25, -0.2) is 0 Å². The highest BCUT2D eigenvalue weighted by Crippen LogP contribution is 2.26. The lowest BCUT2D eigenvalue weighted by molar-refractivity contribution is 0.143. The zero-order chi connectivity index (χ0) is 15.1. The summed E-state index contributed by atoms with van der Waals surface area (Å²) >= 11 is 0. The van der Waals surface area contributed by atoms with Crippen molar-refractivity contribution < 1.29 is 5.11 Å². The summed E-state index contributed by atoms with van der Waals surface area (Å²) in [5, 5.41) is 10.7. The molecule has 0 amide bonds. The third-order valence-electron chi connectivity index (χ3n) is 3.76. The minimum Gasteiger partial charge on any atom is -0.392 e. The summed E-state index contributed by atoms with van der Waals surface area (Å²) in [6.45, 7) is 4.21. The minimum absolute atomic E-state index is 0.140. The lowest BCUT2D eigenvalue weighted by atomic mass is 9.86. The minimum atomic E-state index is -0.370. The van der Waals surface area contributed by atoms with E-state index >= 15 is 0 Å². The van der Waals surface area contributed by atoms with Crippen LogP contribution in [0, 0.1) is 0 Å². The van der Waals surface area contributed by atoms with Crippen molar-refractivity contribution in [1.29, 1.82) is 0 Å². The van der Waals surface area contributed by atoms with Crippen molar-refractivity contribution in [2.75, 3.05) is 0 Å². The van der Waals surface area contributed by atoms with Crippen molar-refractivity contribution >= 4 is 0 Å². The molecular weight excluding hydrogens is 256 g/mol. The molecule has 1 nitrogen and oxygen atoms in total. The Balaban J connectivity index is 2.16. The number of aliphatic hydroxyl groups excluding tert-OH is 1. The van der Waals surface area contributed by atoms with Gasteiger partial charge in [0.15, 0.2) is 0 Å². The number of hydrogen-bond donors (Lipinski definition) is 1. The molecule has 110 valence electrons. The molecule has 2 atom stereocenters. The summed E-state index contributed by atoms with van der Waals surface area (Å²) in [6, 6.07) is 20.5. The second-order valence-corrected chi connectivity index (χ2v) is 5.79. The number of rotatable bonds is 6. The van der Waals surface area contributed by atoms with Crippen molar-refractivity contribution in [2.45, 2.75) is 38.7 Å². The normalized spacial score (nSPS) is 13.5. The molecule has 0 bridgehead atoms. The van der Waals surface area contributed by atoms with E-state index < -0.39 is 0 Å². The van der Waals surface area contributed by atoms with Crippen LogP contribution in [-0.4, -0.2) is 11.2 Å². The highest BCUT2D eigenvalue weighted by molar-refractivity contribution is 5.24. The van der Waals surface area contributed by atoms with Crippen LogP contribution in [0.3, 0.4) is 0 Å². The van der Waals surface area contributed by atoms with Gasteiger partial charge in [0.05, 0.1) is 6.10 Å². The molecule has 0 saturated heterocycles. The third kappa shape index (κ3) is 4.87. The maximum atomic E-state index is 10.7. The first kappa shape index (κ1) is 15.5. The summed E-state index contributed by atoms with van der Waals surface area (Å²) in [7, 11) is 0. The van der Waals surface area contributed by atoms with Crippen molar-refractivity contribution in [2.24, 2.45) is 0 Å². The number of aliphatic hydroxyl groups is 1. The Morgan fingerprint density at radius 1 is 0.952 bits per heavy atom. The average molecular weight is 280 g/mol. The van der Waals surface area contributed by atoms with Crippen LogP contribution in [-0.2, 0) is 6.42 Å². The van der Waals surface area contributed by atoms with Crippen molar-refractivity contribution in [3.8, 4) is 0 Å². The quantitative estimate of drug-likeness (QED) is 0.758. The van der Waals surface area contributed by atoms with Gasteiger partial charge in [-0.15, -0.1) is 0 Å². The topological polar surface area (TPSA) is 20.2 Å². The predicted octanol–water partition coefficient (Wildman–Crippen LogP) is 4.73. The lowest BCUT2D eigenvalue weighted by Gasteiger charge is -2.23. The molecule has 0 saturated carbocycles. The van der Waals surface area contributed by atoms with E-state index in [9.17, 15) is 5.11 Å². The molecule has 0 spiro atoms. The zero-order valence-corrected chi connectivity index (χ0v) is 12.9. The van der Waals surface area contributed by atoms with E-state index in [0.717, 1.165) is 6.42 Å². The maximum Gasteiger partial charge on any atom is 0.0651 e. The molecule has 0 fully saturated rings. The first-order chi connectivity index (χ1) is 10.2. The Morgan fingerprint density at radius 3 is 2.10 bits per heavy atom. The zero-order valence-electron chi connectivity index (χ0n) is 12.9. The van der Waals surface area contributed by atoms with Gasteiger partial charge in [0.25, 0.3) is 0 Å². The van der Waals surface area contributed by atoms with Gasteiger partial charge in [-0.05, 0) is 37.8 Å². The Hall–Kier alpha value is -1.86. The van der Waals surface area contributed by atoms with E-state index in [2.05, 4.69) is 44.2 Å². The summed E-state index contributed by atoms with van der Waals surface area (Å²) in [4.78, 5) is 0. The molecule has 0 unspecified atom stereocenters. The van der Waals surface area contributed by atoms with Crippen LogP contribution in [0.5, 0.6) is 0 Å². The number of hydrogen-bond acceptors (Lipinski definition) is 1. The fourth-order valence-electron chi connectivity index (χ4n) is 2.58. The molecule has 0 aromatic heterocycles. The van der Waals surface area contributed by atoms with Crippen LogP contribution >= 0.6 is 0 Å². The standard InChI is InChI=1S/C20H24O/c1-16(2)13-14-19(18-11-7-4-8-12-18)20(21)15-17-9-5-3-6-10-17/h3-13,19-21H,14-15H2,1-2H3/t19-,20-/m0/s1. The van der Waals surface area contributed by atoms with E-state index in [1.165, 1.54) is 16.7 Å². The second-order valence-electron chi connectivity index (χ2n) is 5.79. The largest absolute Gasteiger partial charge is 0.392 e. The van der Waals surface area contributed by atoms with Gasteiger partial charge in [-0.1, -0.05) is 72.3 Å². The highest BCUT2D eigenvalue weighted by Gasteiger charge is 2.20. The van der Waals surface area contributed by atoms with E-state index in [1.807, 2.05) is 36.4 Å². The third-order valence-corrected chi connectivity index (χ3v) is 3.76. The number of allylic oxidation sites excluding steroid dienone is 2. The van der Waals surface area contributed by atoms with Crippen LogP contribution in [0.15, 0.2) is 72.3 Å². The Labute approximate surface area is 128 Å². The molecule has 1 heteroatoms. The Kier molecular flexibility index (Phi) is 5.77. The fourth-order valence-corrected chi connectivity index (χ4v) is 2.58. The van der Waals surface area contributed by atoms with Gasteiger partial charge in [-0.2, -0.15) is 0 Å². The highest BCUT2D eigenvalue weighted by atomic mass is 16.3. The van der Waals surface area contributed by atoms with Crippen LogP contribution in [0.25, 0.3) is 0 Å². The lowest BCUT2D eigenvalue weighted by Crippen LogP contribution is -2.21. The smallest absolute Gasteiger partial charge is 0.0651 e. The summed E-state index contributed by atoms with van der Waals surface area (Å²) in [6.07, 6.45) is 3.41. The molecule has 2 rings (SSSR count). The summed E-state index contributed by atoms with van der Waals surface area (Å²) in [5.41, 5.74) is 3.68. The average Bonchev–Trinajstić information content (AvgIpc) is 2.49. The summed E-state index contributed by atoms with van der Waals surface area (Å²) in [5.74, 6) is 0.140. The van der Waals surface area contributed by atoms with Crippen LogP contribution < -0.4 is 0 Å². The molecule has 1 N–H and O–H groups in total. The first-order valence-corrected chi connectivity index (χ1v) is 7.57. The van der Waals surface area contributed by atoms with Gasteiger partial charge >= 0.3 is 0 Å². The Morgan fingerprint density at radius 2 is 1.52 bits per heavy atom. The SMILES string of the molecule is CC(C)=CC[C@@H](c1ccccc1)[C@@H](O)Cc1ccccc1. The van der Waals surface area contributed by atoms with Crippen LogP contribution in [0.1, 0.15) is 37.3 Å². The predicted molar refractivity (Wildman–Crippen MR) is 89.4 cm³/mol. The van der Waals surface area contributed by atoms with Gasteiger partial charge in [0.1, 0.15) is 0 Å². The molecule has 2 aromatic carbocycles. The van der Waals surface area contributed by atoms with Gasteiger partial charge in [0, 0.05) is 5.92 Å². The summed E-state index contributed by atoms with van der Waals surface area (Å²) < 4.78 is 0. The monoisotopic (exact) mass is 280 g/mol. The molecule has 0 aliphatic heterocycles. The fraction of sp³-hybridized carbons (Fsp3) is 0.300. The van der Waals surface area contributed by atoms with Gasteiger partial charge in [-0.3, -0.25) is 0 Å². The van der Waals surface area contributed by atoms with Gasteiger partial charge in [0.2, 0.25) is 0 Å². The molecule has 0 heterocycles. The maximum absolute atomic E-state index is 10.7. The molecule has 0 aliphatic rings.